The van der Waals surface area contributed by atoms with Crippen molar-refractivity contribution in [1.82, 2.24) is 10.2 Å². The molecule has 1 aliphatic rings. The summed E-state index contributed by atoms with van der Waals surface area (Å²) in [5.41, 5.74) is 0.317. The van der Waals surface area contributed by atoms with Gasteiger partial charge in [0.25, 0.3) is 10.0 Å². The summed E-state index contributed by atoms with van der Waals surface area (Å²) in [5.74, 6) is -0.168. The number of benzene rings is 2. The van der Waals surface area contributed by atoms with E-state index < -0.39 is 40.5 Å². The molecule has 6 nitrogen and oxygen atoms in total. The Morgan fingerprint density at radius 3 is 2.54 bits per heavy atom. The topological polar surface area (TPSA) is 81.2 Å². The fourth-order valence-electron chi connectivity index (χ4n) is 4.02. The van der Waals surface area contributed by atoms with Crippen molar-refractivity contribution in [2.75, 3.05) is 11.3 Å². The Morgan fingerprint density at radius 1 is 1.09 bits per heavy atom. The molecule has 0 bridgehead atoms. The number of nitrogens with zero attached hydrogens (tertiary/aromatic N) is 2. The Morgan fingerprint density at radius 2 is 1.86 bits per heavy atom. The van der Waals surface area contributed by atoms with Crippen LogP contribution < -0.4 is 9.46 Å². The van der Waals surface area contributed by atoms with Crippen LogP contribution in [0.25, 0.3) is 0 Å². The van der Waals surface area contributed by atoms with Gasteiger partial charge in [-0.2, -0.15) is 18.3 Å². The molecule has 2 heterocycles. The molecule has 0 amide bonds. The highest BCUT2D eigenvalue weighted by atomic mass is 32.2. The molecule has 186 valence electrons. The van der Waals surface area contributed by atoms with Gasteiger partial charge >= 0.3 is 6.18 Å². The standard InChI is InChI=1S/C23H20F5N3O3S/c24-21(25)8-3-14-12-15(23(26,27)28)4-6-17(14)18-9-11-34-20-13-16(5-7-19(18)20)35(32,33)31-22-2-1-10-29-30-22/h1-2,4-7,10,12-13,18,21H,3,8-9,11H2,(H,30,31). The van der Waals surface area contributed by atoms with Crippen LogP contribution in [0.5, 0.6) is 5.75 Å². The Bertz CT molecular complexity index is 1300. The van der Waals surface area contributed by atoms with E-state index in [-0.39, 0.29) is 35.1 Å². The maximum Gasteiger partial charge on any atom is 0.416 e. The van der Waals surface area contributed by atoms with Gasteiger partial charge in [-0.15, -0.1) is 5.10 Å². The lowest BCUT2D eigenvalue weighted by atomic mass is 9.82. The molecule has 4 rings (SSSR count). The second-order valence-electron chi connectivity index (χ2n) is 7.94. The third-order valence-electron chi connectivity index (χ3n) is 5.62. The van der Waals surface area contributed by atoms with Crippen LogP contribution in [-0.4, -0.2) is 31.6 Å². The Balaban J connectivity index is 1.69. The number of alkyl halides is 5. The number of fused-ring (bicyclic) bond motifs is 1. The van der Waals surface area contributed by atoms with Crippen LogP contribution in [0.2, 0.25) is 0 Å². The van der Waals surface area contributed by atoms with E-state index in [2.05, 4.69) is 14.9 Å². The minimum Gasteiger partial charge on any atom is -0.493 e. The quantitative estimate of drug-likeness (QED) is 0.428. The summed E-state index contributed by atoms with van der Waals surface area (Å²) in [6.07, 6.45) is -6.28. The molecule has 0 radical (unpaired) electrons. The first-order valence-electron chi connectivity index (χ1n) is 10.6. The van der Waals surface area contributed by atoms with Gasteiger partial charge in [0.2, 0.25) is 6.43 Å². The predicted octanol–water partition coefficient (Wildman–Crippen LogP) is 5.41. The molecule has 2 aromatic carbocycles. The van der Waals surface area contributed by atoms with Crippen molar-refractivity contribution in [1.29, 1.82) is 0 Å². The van der Waals surface area contributed by atoms with Gasteiger partial charge in [0, 0.05) is 30.2 Å². The third-order valence-corrected chi connectivity index (χ3v) is 6.98. The number of nitrogens with one attached hydrogen (secondary N) is 1. The second-order valence-corrected chi connectivity index (χ2v) is 9.63. The van der Waals surface area contributed by atoms with Gasteiger partial charge in [-0.25, -0.2) is 17.2 Å². The summed E-state index contributed by atoms with van der Waals surface area (Å²) < 4.78 is 99.0. The summed E-state index contributed by atoms with van der Waals surface area (Å²) in [7, 11) is -4.02. The maximum atomic E-state index is 13.3. The van der Waals surface area contributed by atoms with Crippen molar-refractivity contribution in [3.05, 3.63) is 77.0 Å². The summed E-state index contributed by atoms with van der Waals surface area (Å²) in [6, 6.07) is 10.3. The highest BCUT2D eigenvalue weighted by Crippen LogP contribution is 2.42. The number of hydrogen-bond acceptors (Lipinski definition) is 5. The molecule has 0 fully saturated rings. The number of hydrogen-bond donors (Lipinski definition) is 1. The first-order valence-corrected chi connectivity index (χ1v) is 12.1. The SMILES string of the molecule is O=S(=O)(Nc1cccnn1)c1ccc2c(c1)OCCC2c1ccc(C(F)(F)F)cc1CCC(F)F. The first-order chi connectivity index (χ1) is 16.5. The van der Waals surface area contributed by atoms with E-state index in [0.29, 0.717) is 17.5 Å². The third kappa shape index (κ3) is 5.69. The molecule has 0 spiro atoms. The molecule has 0 saturated heterocycles. The summed E-state index contributed by atoms with van der Waals surface area (Å²) in [4.78, 5) is -0.104. The number of ether oxygens (including phenoxy) is 1. The smallest absolute Gasteiger partial charge is 0.416 e. The number of rotatable bonds is 7. The molecule has 12 heteroatoms. The average Bonchev–Trinajstić information content (AvgIpc) is 2.81. The average molecular weight is 513 g/mol. The predicted molar refractivity (Wildman–Crippen MR) is 117 cm³/mol. The van der Waals surface area contributed by atoms with Gasteiger partial charge in [-0.1, -0.05) is 12.1 Å². The first kappa shape index (κ1) is 24.8. The van der Waals surface area contributed by atoms with Crippen LogP contribution in [0, 0.1) is 0 Å². The van der Waals surface area contributed by atoms with Crippen molar-refractivity contribution >= 4 is 15.8 Å². The van der Waals surface area contributed by atoms with Gasteiger partial charge in [-0.05, 0) is 54.3 Å². The monoisotopic (exact) mass is 513 g/mol. The minimum absolute atomic E-state index is 0.0254. The molecule has 1 atom stereocenters. The molecule has 1 unspecified atom stereocenters. The van der Waals surface area contributed by atoms with Crippen molar-refractivity contribution in [2.45, 2.75) is 42.7 Å². The highest BCUT2D eigenvalue weighted by molar-refractivity contribution is 7.92. The van der Waals surface area contributed by atoms with Crippen LogP contribution in [0.3, 0.4) is 0 Å². The summed E-state index contributed by atoms with van der Waals surface area (Å²) in [5, 5.41) is 7.30. The number of sulfonamides is 1. The molecule has 3 aromatic rings. The van der Waals surface area contributed by atoms with Crippen LogP contribution >= 0.6 is 0 Å². The lowest BCUT2D eigenvalue weighted by Gasteiger charge is -2.29. The minimum atomic E-state index is -4.61. The van der Waals surface area contributed by atoms with E-state index in [1.807, 2.05) is 0 Å². The van der Waals surface area contributed by atoms with Crippen LogP contribution in [-0.2, 0) is 22.6 Å². The van der Waals surface area contributed by atoms with Crippen LogP contribution in [0.1, 0.15) is 41.0 Å². The van der Waals surface area contributed by atoms with E-state index in [9.17, 15) is 30.4 Å². The summed E-state index contributed by atoms with van der Waals surface area (Å²) >= 11 is 0. The van der Waals surface area contributed by atoms with Crippen molar-refractivity contribution in [3.8, 4) is 5.75 Å². The van der Waals surface area contributed by atoms with Crippen molar-refractivity contribution < 1.29 is 35.1 Å². The normalized spacial score (nSPS) is 16.0. The number of aryl methyl sites for hydroxylation is 1. The van der Waals surface area contributed by atoms with E-state index in [1.165, 1.54) is 42.6 Å². The Kier molecular flexibility index (Phi) is 6.93. The van der Waals surface area contributed by atoms with Crippen molar-refractivity contribution in [2.24, 2.45) is 0 Å². The zero-order valence-electron chi connectivity index (χ0n) is 18.1. The highest BCUT2D eigenvalue weighted by Gasteiger charge is 2.33. The fraction of sp³-hybridized carbons (Fsp3) is 0.304. The van der Waals surface area contributed by atoms with Gasteiger partial charge in [0.05, 0.1) is 17.1 Å². The molecule has 1 N–H and O–H groups in total. The van der Waals surface area contributed by atoms with Gasteiger partial charge in [0.1, 0.15) is 5.75 Å². The fourth-order valence-corrected chi connectivity index (χ4v) is 5.03. The molecule has 35 heavy (non-hydrogen) atoms. The van der Waals surface area contributed by atoms with E-state index in [0.717, 1.165) is 12.1 Å². The van der Waals surface area contributed by atoms with Crippen molar-refractivity contribution in [3.63, 3.8) is 0 Å². The maximum absolute atomic E-state index is 13.3. The number of halogens is 5. The van der Waals surface area contributed by atoms with Crippen LogP contribution in [0.4, 0.5) is 27.8 Å². The number of anilines is 1. The lowest BCUT2D eigenvalue weighted by molar-refractivity contribution is -0.137. The molecule has 1 aliphatic heterocycles. The Hall–Kier alpha value is -3.28. The van der Waals surface area contributed by atoms with E-state index in [1.54, 1.807) is 0 Å². The Labute approximate surface area is 198 Å². The second kappa shape index (κ2) is 9.76. The van der Waals surface area contributed by atoms with E-state index in [4.69, 9.17) is 4.74 Å². The molecular formula is C23H20F5N3O3S. The molecule has 0 saturated carbocycles. The van der Waals surface area contributed by atoms with Crippen LogP contribution in [0.15, 0.2) is 59.6 Å². The molecule has 1 aromatic heterocycles. The van der Waals surface area contributed by atoms with Gasteiger partial charge < -0.3 is 4.74 Å². The van der Waals surface area contributed by atoms with Gasteiger partial charge in [-0.3, -0.25) is 4.72 Å². The zero-order valence-corrected chi connectivity index (χ0v) is 18.9. The summed E-state index contributed by atoms with van der Waals surface area (Å²) in [6.45, 7) is 0.175. The van der Waals surface area contributed by atoms with E-state index >= 15 is 0 Å². The zero-order chi connectivity index (χ0) is 25.2. The van der Waals surface area contributed by atoms with Gasteiger partial charge in [0.15, 0.2) is 5.82 Å². The molecule has 0 aliphatic carbocycles. The number of aromatic nitrogens is 2. The lowest BCUT2D eigenvalue weighted by Crippen LogP contribution is -2.19. The molecular weight excluding hydrogens is 493 g/mol. The largest absolute Gasteiger partial charge is 0.493 e.